The first-order valence-electron chi connectivity index (χ1n) is 20.1. The number of ether oxygens (including phenoxy) is 6. The molecule has 0 radical (unpaired) electrons. The van der Waals surface area contributed by atoms with Gasteiger partial charge in [-0.15, -0.1) is 0 Å². The Kier molecular flexibility index (Phi) is 10.3. The summed E-state index contributed by atoms with van der Waals surface area (Å²) >= 11 is 0. The third-order valence-corrected chi connectivity index (χ3v) is 16.0. The molecule has 0 aromatic carbocycles. The quantitative estimate of drug-likeness (QED) is 0.173. The van der Waals surface area contributed by atoms with Crippen molar-refractivity contribution in [2.45, 2.75) is 170 Å². The van der Waals surface area contributed by atoms with E-state index in [0.717, 1.165) is 38.5 Å². The highest BCUT2D eigenvalue weighted by atomic mass is 16.7. The first-order valence-corrected chi connectivity index (χ1v) is 20.1. The molecule has 8 N–H and O–H groups in total. The van der Waals surface area contributed by atoms with E-state index in [1.54, 1.807) is 0 Å². The van der Waals surface area contributed by atoms with E-state index in [1.165, 1.54) is 12.5 Å². The normalized spacial score (nSPS) is 58.0. The van der Waals surface area contributed by atoms with E-state index in [0.29, 0.717) is 43.6 Å². The SMILES string of the molecule is C[C@@H]1O[C@@H](O[C@H]2[C@H](O)[C@@H](O)[C@H](O[C@H]3CC[C@@]4(C)C(=CC[C@@H]5[C@@H]4CC[C@@]4(C)[C@H]5C[C@@H]5O[C@]6(CC[C@@H](CO)CO6)[C@@H](C)[C@@]54O)C3)O[C@@H]2CO)[C@H](O)[C@H](O)[C@H]1O. The third-order valence-electron chi connectivity index (χ3n) is 16.0. The van der Waals surface area contributed by atoms with Gasteiger partial charge in [0.05, 0.1) is 31.5 Å². The van der Waals surface area contributed by atoms with Crippen LogP contribution in [0.15, 0.2) is 11.6 Å². The fourth-order valence-corrected chi connectivity index (χ4v) is 12.6. The van der Waals surface area contributed by atoms with Crippen molar-refractivity contribution < 1.29 is 69.3 Å². The van der Waals surface area contributed by atoms with E-state index in [4.69, 9.17) is 28.4 Å². The van der Waals surface area contributed by atoms with Crippen molar-refractivity contribution >= 4 is 0 Å². The molecule has 14 nitrogen and oxygen atoms in total. The topological polar surface area (TPSA) is 217 Å². The Morgan fingerprint density at radius 3 is 2.25 bits per heavy atom. The molecule has 8 rings (SSSR count). The van der Waals surface area contributed by atoms with Gasteiger partial charge in [-0.3, -0.25) is 0 Å². The number of hydrogen-bond acceptors (Lipinski definition) is 14. The fourth-order valence-electron chi connectivity index (χ4n) is 12.6. The van der Waals surface area contributed by atoms with E-state index in [-0.39, 0.29) is 41.5 Å². The molecule has 0 aromatic rings. The molecule has 4 heterocycles. The van der Waals surface area contributed by atoms with Gasteiger partial charge < -0.3 is 69.3 Å². The lowest BCUT2D eigenvalue weighted by Crippen LogP contribution is -2.64. The minimum atomic E-state index is -1.63. The Balaban J connectivity index is 0.923. The number of hydrogen-bond donors (Lipinski definition) is 8. The van der Waals surface area contributed by atoms with Crippen LogP contribution in [-0.4, -0.2) is 146 Å². The van der Waals surface area contributed by atoms with Crippen molar-refractivity contribution in [3.05, 3.63) is 11.6 Å². The van der Waals surface area contributed by atoms with Crippen molar-refractivity contribution in [1.29, 1.82) is 0 Å². The molecule has 8 aliphatic rings. The number of aliphatic hydroxyl groups excluding tert-OH is 7. The van der Waals surface area contributed by atoms with Crippen LogP contribution in [0.5, 0.6) is 0 Å². The van der Waals surface area contributed by atoms with E-state index in [9.17, 15) is 40.9 Å². The van der Waals surface area contributed by atoms with Crippen molar-refractivity contribution in [1.82, 2.24) is 0 Å². The highest BCUT2D eigenvalue weighted by molar-refractivity contribution is 5.29. The van der Waals surface area contributed by atoms with Gasteiger partial charge in [0.15, 0.2) is 18.4 Å². The Hall–Kier alpha value is -0.820. The van der Waals surface area contributed by atoms with Gasteiger partial charge in [0.1, 0.15) is 48.3 Å². The summed E-state index contributed by atoms with van der Waals surface area (Å²) in [5.41, 5.74) is -0.00451. The molecule has 4 saturated heterocycles. The Morgan fingerprint density at radius 1 is 0.811 bits per heavy atom. The van der Waals surface area contributed by atoms with Crippen LogP contribution in [0.4, 0.5) is 0 Å². The van der Waals surface area contributed by atoms with Gasteiger partial charge in [0.25, 0.3) is 0 Å². The lowest BCUT2D eigenvalue weighted by molar-refractivity contribution is -0.360. The molecule has 14 heteroatoms. The van der Waals surface area contributed by atoms with Crippen molar-refractivity contribution in [3.63, 3.8) is 0 Å². The predicted molar refractivity (Wildman–Crippen MR) is 184 cm³/mol. The van der Waals surface area contributed by atoms with Crippen molar-refractivity contribution in [3.8, 4) is 0 Å². The zero-order valence-corrected chi connectivity index (χ0v) is 31.4. The molecule has 7 fully saturated rings. The van der Waals surface area contributed by atoms with Crippen LogP contribution in [0.3, 0.4) is 0 Å². The maximum Gasteiger partial charge on any atom is 0.187 e. The average molecular weight is 755 g/mol. The molecule has 0 amide bonds. The van der Waals surface area contributed by atoms with E-state index >= 15 is 0 Å². The van der Waals surface area contributed by atoms with Crippen molar-refractivity contribution in [2.24, 2.45) is 40.4 Å². The molecule has 0 unspecified atom stereocenters. The summed E-state index contributed by atoms with van der Waals surface area (Å²) in [5.74, 6) is 0.302. The van der Waals surface area contributed by atoms with E-state index < -0.39 is 79.4 Å². The number of allylic oxidation sites excluding steroid dienone is 1. The minimum Gasteiger partial charge on any atom is -0.396 e. The maximum atomic E-state index is 12.7. The van der Waals surface area contributed by atoms with Crippen LogP contribution in [0, 0.1) is 40.4 Å². The molecule has 21 atom stereocenters. The van der Waals surface area contributed by atoms with Gasteiger partial charge in [-0.2, -0.15) is 0 Å². The molecule has 0 bridgehead atoms. The largest absolute Gasteiger partial charge is 0.396 e. The van der Waals surface area contributed by atoms with Gasteiger partial charge >= 0.3 is 0 Å². The molecule has 53 heavy (non-hydrogen) atoms. The van der Waals surface area contributed by atoms with Crippen LogP contribution in [0.1, 0.15) is 85.5 Å². The van der Waals surface area contributed by atoms with Crippen LogP contribution >= 0.6 is 0 Å². The molecular formula is C39H62O14. The summed E-state index contributed by atoms with van der Waals surface area (Å²) < 4.78 is 36.7. The minimum absolute atomic E-state index is 0.0435. The predicted octanol–water partition coefficient (Wildman–Crippen LogP) is 0.477. The Labute approximate surface area is 311 Å². The summed E-state index contributed by atoms with van der Waals surface area (Å²) in [6.07, 6.45) is -4.42. The monoisotopic (exact) mass is 754 g/mol. The van der Waals surface area contributed by atoms with Crippen LogP contribution in [0.25, 0.3) is 0 Å². The number of aliphatic hydroxyl groups is 8. The Bertz CT molecular complexity index is 1370. The van der Waals surface area contributed by atoms with Gasteiger partial charge in [-0.05, 0) is 81.5 Å². The zero-order chi connectivity index (χ0) is 37.8. The third kappa shape index (κ3) is 5.79. The molecule has 3 saturated carbocycles. The van der Waals surface area contributed by atoms with Crippen LogP contribution in [-0.2, 0) is 28.4 Å². The Morgan fingerprint density at radius 2 is 1.55 bits per heavy atom. The highest BCUT2D eigenvalue weighted by Crippen LogP contribution is 2.72. The van der Waals surface area contributed by atoms with Crippen LogP contribution < -0.4 is 0 Å². The number of rotatable bonds is 6. The lowest BCUT2D eigenvalue weighted by Gasteiger charge is -2.60. The van der Waals surface area contributed by atoms with Gasteiger partial charge in [0.2, 0.25) is 0 Å². The van der Waals surface area contributed by atoms with Gasteiger partial charge in [-0.1, -0.05) is 32.4 Å². The van der Waals surface area contributed by atoms with Crippen molar-refractivity contribution in [2.75, 3.05) is 19.8 Å². The number of fused-ring (bicyclic) bond motifs is 7. The second kappa shape index (κ2) is 13.9. The van der Waals surface area contributed by atoms with E-state index in [1.807, 2.05) is 0 Å². The average Bonchev–Trinajstić information content (AvgIpc) is 3.50. The second-order valence-electron chi connectivity index (χ2n) is 18.3. The molecule has 4 aliphatic heterocycles. The zero-order valence-electron chi connectivity index (χ0n) is 31.4. The summed E-state index contributed by atoms with van der Waals surface area (Å²) in [5, 5.41) is 85.5. The lowest BCUT2D eigenvalue weighted by atomic mass is 9.46. The second-order valence-corrected chi connectivity index (χ2v) is 18.3. The highest BCUT2D eigenvalue weighted by Gasteiger charge is 2.76. The smallest absolute Gasteiger partial charge is 0.187 e. The fraction of sp³-hybridized carbons (Fsp3) is 0.949. The summed E-state index contributed by atoms with van der Waals surface area (Å²) in [7, 11) is 0. The molecule has 4 aliphatic carbocycles. The molecule has 0 aromatic heterocycles. The summed E-state index contributed by atoms with van der Waals surface area (Å²) in [6, 6.07) is 0. The first-order chi connectivity index (χ1) is 25.1. The summed E-state index contributed by atoms with van der Waals surface area (Å²) in [4.78, 5) is 0. The van der Waals surface area contributed by atoms with Crippen LogP contribution in [0.2, 0.25) is 0 Å². The molecule has 1 spiro atoms. The first kappa shape index (κ1) is 39.0. The maximum absolute atomic E-state index is 12.7. The molecule has 302 valence electrons. The summed E-state index contributed by atoms with van der Waals surface area (Å²) in [6.45, 7) is 8.25. The molecular weight excluding hydrogens is 692 g/mol. The standard InChI is InChI=1S/C39H62O14/c1-18-28(42)29(43)31(45)34(49-18)52-33-26(16-41)51-35(32(46)30(33)44)50-22-8-10-36(3)21(13-22)5-6-23-24(36)9-11-37(4)25(23)14-27-39(37,47)19(2)38(53-27)12-7-20(15-40)17-48-38/h5,18-20,22-35,40-47H,6-17H2,1-4H3/t18-,19+,20-,22-,23+,24-,25-,26+,27-,28-,29+,30+,31+,32+,33+,34-,35+,36-,37-,38+,39+/m0/s1. The van der Waals surface area contributed by atoms with Gasteiger partial charge in [-0.25, -0.2) is 0 Å². The van der Waals surface area contributed by atoms with Gasteiger partial charge in [0, 0.05) is 30.3 Å². The van der Waals surface area contributed by atoms with E-state index in [2.05, 4.69) is 26.8 Å².